The first-order valence-electron chi connectivity index (χ1n) is 7.77. The van der Waals surface area contributed by atoms with Crippen LogP contribution in [0.1, 0.15) is 32.1 Å². The van der Waals surface area contributed by atoms with Crippen LogP contribution in [-0.4, -0.2) is 36.2 Å². The Kier molecular flexibility index (Phi) is 7.27. The van der Waals surface area contributed by atoms with Crippen molar-refractivity contribution in [2.75, 3.05) is 31.5 Å². The molecule has 1 saturated heterocycles. The van der Waals surface area contributed by atoms with Gasteiger partial charge in [-0.1, -0.05) is 36.6 Å². The number of para-hydroxylation sites is 1. The molecule has 0 spiro atoms. The largest absolute Gasteiger partial charge is 0.362 e. The van der Waals surface area contributed by atoms with Crippen molar-refractivity contribution < 1.29 is 0 Å². The van der Waals surface area contributed by atoms with Crippen LogP contribution in [0.4, 0.5) is 5.69 Å². The van der Waals surface area contributed by atoms with Gasteiger partial charge < -0.3 is 15.5 Å². The Morgan fingerprint density at radius 3 is 2.57 bits per heavy atom. The zero-order valence-corrected chi connectivity index (χ0v) is 14.0. The van der Waals surface area contributed by atoms with Gasteiger partial charge in [0.15, 0.2) is 5.11 Å². The van der Waals surface area contributed by atoms with E-state index in [4.69, 9.17) is 23.8 Å². The van der Waals surface area contributed by atoms with E-state index in [9.17, 15) is 0 Å². The molecule has 1 aliphatic heterocycles. The zero-order valence-electron chi connectivity index (χ0n) is 12.4. The summed E-state index contributed by atoms with van der Waals surface area (Å²) in [6.07, 6.45) is 6.59. The first-order chi connectivity index (χ1) is 10.3. The number of rotatable bonds is 5. The molecule has 0 radical (unpaired) electrons. The normalized spacial score (nSPS) is 16.2. The molecule has 2 N–H and O–H groups in total. The molecule has 2 rings (SSSR count). The van der Waals surface area contributed by atoms with Crippen LogP contribution in [0.2, 0.25) is 5.02 Å². The van der Waals surface area contributed by atoms with Gasteiger partial charge in [0.2, 0.25) is 0 Å². The van der Waals surface area contributed by atoms with Gasteiger partial charge in [-0.25, -0.2) is 0 Å². The molecule has 21 heavy (non-hydrogen) atoms. The third-order valence-electron chi connectivity index (χ3n) is 3.76. The molecule has 0 atom stereocenters. The molecular weight excluding hydrogens is 302 g/mol. The quantitative estimate of drug-likeness (QED) is 0.634. The van der Waals surface area contributed by atoms with E-state index in [1.165, 1.54) is 38.8 Å². The number of nitrogens with zero attached hydrogens (tertiary/aromatic N) is 1. The lowest BCUT2D eigenvalue weighted by atomic mass is 10.2. The Labute approximate surface area is 138 Å². The molecule has 0 unspecified atom stereocenters. The minimum absolute atomic E-state index is 0.638. The summed E-state index contributed by atoms with van der Waals surface area (Å²) in [5.74, 6) is 0. The Bertz CT molecular complexity index is 445. The van der Waals surface area contributed by atoms with Gasteiger partial charge in [0, 0.05) is 6.54 Å². The Morgan fingerprint density at radius 2 is 1.86 bits per heavy atom. The maximum absolute atomic E-state index is 6.09. The molecule has 5 heteroatoms. The molecule has 1 heterocycles. The molecule has 1 aromatic rings. The molecule has 3 nitrogen and oxygen atoms in total. The third-order valence-corrected chi connectivity index (χ3v) is 4.33. The Morgan fingerprint density at radius 1 is 1.14 bits per heavy atom. The van der Waals surface area contributed by atoms with Crippen molar-refractivity contribution in [2.45, 2.75) is 32.1 Å². The summed E-state index contributed by atoms with van der Waals surface area (Å²) in [4.78, 5) is 2.57. The number of hydrogen-bond donors (Lipinski definition) is 2. The molecule has 1 aromatic carbocycles. The summed E-state index contributed by atoms with van der Waals surface area (Å²) in [5.41, 5.74) is 0.851. The predicted octanol–water partition coefficient (Wildman–Crippen LogP) is 3.89. The second-order valence-electron chi connectivity index (χ2n) is 5.47. The van der Waals surface area contributed by atoms with Crippen molar-refractivity contribution in [1.29, 1.82) is 0 Å². The summed E-state index contributed by atoms with van der Waals surface area (Å²) in [6.45, 7) is 4.55. The minimum Gasteiger partial charge on any atom is -0.362 e. The topological polar surface area (TPSA) is 27.3 Å². The SMILES string of the molecule is S=C(NCCCN1CCCCCC1)Nc1ccccc1Cl. The summed E-state index contributed by atoms with van der Waals surface area (Å²) in [5, 5.41) is 7.71. The first kappa shape index (κ1) is 16.5. The lowest BCUT2D eigenvalue weighted by Crippen LogP contribution is -2.32. The monoisotopic (exact) mass is 325 g/mol. The molecule has 116 valence electrons. The summed E-state index contributed by atoms with van der Waals surface area (Å²) in [7, 11) is 0. The number of nitrogens with one attached hydrogen (secondary N) is 2. The zero-order chi connectivity index (χ0) is 14.9. The van der Waals surface area contributed by atoms with Gasteiger partial charge >= 0.3 is 0 Å². The number of likely N-dealkylation sites (tertiary alicyclic amines) is 1. The van der Waals surface area contributed by atoms with Gasteiger partial charge in [-0.15, -0.1) is 0 Å². The van der Waals surface area contributed by atoms with E-state index in [0.717, 1.165) is 25.2 Å². The van der Waals surface area contributed by atoms with E-state index in [2.05, 4.69) is 15.5 Å². The lowest BCUT2D eigenvalue weighted by molar-refractivity contribution is 0.282. The van der Waals surface area contributed by atoms with E-state index in [0.29, 0.717) is 10.1 Å². The van der Waals surface area contributed by atoms with Crippen LogP contribution in [0, 0.1) is 0 Å². The van der Waals surface area contributed by atoms with Gasteiger partial charge in [-0.05, 0) is 63.2 Å². The van der Waals surface area contributed by atoms with E-state index >= 15 is 0 Å². The molecule has 1 aliphatic rings. The van der Waals surface area contributed by atoms with Gasteiger partial charge in [0.05, 0.1) is 10.7 Å². The Balaban J connectivity index is 1.62. The van der Waals surface area contributed by atoms with Gasteiger partial charge in [-0.3, -0.25) is 0 Å². The number of anilines is 1. The van der Waals surface area contributed by atoms with Crippen LogP contribution >= 0.6 is 23.8 Å². The molecule has 0 amide bonds. The van der Waals surface area contributed by atoms with Crippen LogP contribution in [0.15, 0.2) is 24.3 Å². The number of thiocarbonyl (C=S) groups is 1. The van der Waals surface area contributed by atoms with E-state index in [1.807, 2.05) is 24.3 Å². The van der Waals surface area contributed by atoms with Crippen LogP contribution in [0.5, 0.6) is 0 Å². The maximum Gasteiger partial charge on any atom is 0.170 e. The maximum atomic E-state index is 6.09. The predicted molar refractivity (Wildman–Crippen MR) is 95.2 cm³/mol. The lowest BCUT2D eigenvalue weighted by Gasteiger charge is -2.20. The third kappa shape index (κ3) is 6.20. The standard InChI is InChI=1S/C16H24ClN3S/c17-14-8-3-4-9-15(14)19-16(21)18-10-7-13-20-11-5-1-2-6-12-20/h3-4,8-9H,1-2,5-7,10-13H2,(H2,18,19,21). The van der Waals surface area contributed by atoms with Crippen molar-refractivity contribution in [2.24, 2.45) is 0 Å². The highest BCUT2D eigenvalue weighted by atomic mass is 35.5. The average molecular weight is 326 g/mol. The van der Waals surface area contributed by atoms with Crippen molar-refractivity contribution >= 4 is 34.6 Å². The fourth-order valence-corrected chi connectivity index (χ4v) is 2.99. The van der Waals surface area contributed by atoms with Crippen LogP contribution in [0.25, 0.3) is 0 Å². The molecule has 0 aliphatic carbocycles. The average Bonchev–Trinajstić information content (AvgIpc) is 2.75. The number of halogens is 1. The van der Waals surface area contributed by atoms with Gasteiger partial charge in [0.25, 0.3) is 0 Å². The molecule has 0 bridgehead atoms. The number of hydrogen-bond acceptors (Lipinski definition) is 2. The number of benzene rings is 1. The first-order valence-corrected chi connectivity index (χ1v) is 8.56. The van der Waals surface area contributed by atoms with Crippen molar-refractivity contribution in [3.63, 3.8) is 0 Å². The highest BCUT2D eigenvalue weighted by Gasteiger charge is 2.08. The van der Waals surface area contributed by atoms with Crippen molar-refractivity contribution in [1.82, 2.24) is 10.2 Å². The van der Waals surface area contributed by atoms with Gasteiger partial charge in [-0.2, -0.15) is 0 Å². The van der Waals surface area contributed by atoms with E-state index in [1.54, 1.807) is 0 Å². The van der Waals surface area contributed by atoms with Crippen LogP contribution in [-0.2, 0) is 0 Å². The smallest absolute Gasteiger partial charge is 0.170 e. The fraction of sp³-hybridized carbons (Fsp3) is 0.562. The summed E-state index contributed by atoms with van der Waals surface area (Å²) < 4.78 is 0. The Hall–Kier alpha value is -0.840. The second kappa shape index (κ2) is 9.23. The summed E-state index contributed by atoms with van der Waals surface area (Å²) in [6, 6.07) is 7.63. The van der Waals surface area contributed by atoms with Crippen molar-refractivity contribution in [3.05, 3.63) is 29.3 Å². The second-order valence-corrected chi connectivity index (χ2v) is 6.29. The minimum atomic E-state index is 0.638. The van der Waals surface area contributed by atoms with Crippen LogP contribution in [0.3, 0.4) is 0 Å². The highest BCUT2D eigenvalue weighted by molar-refractivity contribution is 7.80. The highest BCUT2D eigenvalue weighted by Crippen LogP contribution is 2.20. The molecule has 1 fully saturated rings. The van der Waals surface area contributed by atoms with E-state index in [-0.39, 0.29) is 0 Å². The molecule has 0 saturated carbocycles. The molecular formula is C16H24ClN3S. The van der Waals surface area contributed by atoms with E-state index < -0.39 is 0 Å². The molecule has 0 aromatic heterocycles. The van der Waals surface area contributed by atoms with Crippen LogP contribution < -0.4 is 10.6 Å². The van der Waals surface area contributed by atoms with Gasteiger partial charge in [0.1, 0.15) is 0 Å². The fourth-order valence-electron chi connectivity index (χ4n) is 2.59. The summed E-state index contributed by atoms with van der Waals surface area (Å²) >= 11 is 11.4. The van der Waals surface area contributed by atoms with Crippen molar-refractivity contribution in [3.8, 4) is 0 Å².